The maximum atomic E-state index is 16.0. The molecule has 0 aliphatic rings. The zero-order chi connectivity index (χ0) is 51.0. The monoisotopic (exact) mass is 973 g/mol. The zero-order valence-electron chi connectivity index (χ0n) is 39.7. The molecule has 0 bridgehead atoms. The first-order valence-electron chi connectivity index (χ1n) is 24.1. The van der Waals surface area contributed by atoms with Crippen LogP contribution in [0.15, 0.2) is 231 Å². The van der Waals surface area contributed by atoms with Crippen LogP contribution in [-0.4, -0.2) is 24.5 Å². The molecular formula is C65H38F3N7. The lowest BCUT2D eigenvalue weighted by Gasteiger charge is -2.22. The molecule has 0 aliphatic carbocycles. The maximum absolute atomic E-state index is 16.0. The maximum Gasteiger partial charge on any atom is 0.416 e. The Labute approximate surface area is 429 Å². The second-order valence-electron chi connectivity index (χ2n) is 17.9. The van der Waals surface area contributed by atoms with E-state index in [1.54, 1.807) is 24.3 Å². The van der Waals surface area contributed by atoms with Gasteiger partial charge in [0.1, 0.15) is 0 Å². The van der Waals surface area contributed by atoms with Crippen molar-refractivity contribution in [3.05, 3.63) is 247 Å². The molecule has 10 heteroatoms. The van der Waals surface area contributed by atoms with Crippen LogP contribution in [0.3, 0.4) is 0 Å². The lowest BCUT2D eigenvalue weighted by Crippen LogP contribution is -2.11. The van der Waals surface area contributed by atoms with Crippen LogP contribution in [0.5, 0.6) is 0 Å². The normalized spacial score (nSPS) is 11.4. The van der Waals surface area contributed by atoms with Gasteiger partial charge in [-0.15, -0.1) is 0 Å². The fourth-order valence-corrected chi connectivity index (χ4v) is 9.80. The zero-order valence-corrected chi connectivity index (χ0v) is 39.7. The Kier molecular flexibility index (Phi) is 11.6. The molecule has 0 atom stereocenters. The average molecular weight is 974 g/mol. The number of nitrogens with zero attached hydrogens (tertiary/aromatic N) is 7. The summed E-state index contributed by atoms with van der Waals surface area (Å²) in [4.78, 5) is 20.8. The molecule has 3 aromatic heterocycles. The molecule has 0 aliphatic heterocycles. The van der Waals surface area contributed by atoms with Gasteiger partial charge in [0.15, 0.2) is 11.6 Å². The largest absolute Gasteiger partial charge is 0.416 e. The molecule has 354 valence electrons. The van der Waals surface area contributed by atoms with Crippen LogP contribution >= 0.6 is 0 Å². The van der Waals surface area contributed by atoms with Crippen LogP contribution < -0.4 is 0 Å². The average Bonchev–Trinajstić information content (AvgIpc) is 3.80. The van der Waals surface area contributed by atoms with E-state index in [2.05, 4.69) is 12.1 Å². The molecule has 0 saturated heterocycles. The number of fused-ring (bicyclic) bond motifs is 3. The van der Waals surface area contributed by atoms with Gasteiger partial charge in [-0.1, -0.05) is 182 Å². The first-order valence-corrected chi connectivity index (χ1v) is 24.1. The van der Waals surface area contributed by atoms with Gasteiger partial charge in [-0.25, -0.2) is 19.9 Å². The predicted octanol–water partition coefficient (Wildman–Crippen LogP) is 16.5. The Morgan fingerprint density at radius 1 is 0.347 bits per heavy atom. The molecule has 12 rings (SSSR count). The van der Waals surface area contributed by atoms with E-state index in [-0.39, 0.29) is 28.5 Å². The van der Waals surface area contributed by atoms with Gasteiger partial charge in [0.25, 0.3) is 0 Å². The van der Waals surface area contributed by atoms with Crippen molar-refractivity contribution in [1.82, 2.24) is 24.5 Å². The van der Waals surface area contributed by atoms with E-state index in [0.717, 1.165) is 45.2 Å². The summed E-state index contributed by atoms with van der Waals surface area (Å²) in [6, 6.07) is 74.9. The van der Waals surface area contributed by atoms with E-state index in [1.807, 2.05) is 199 Å². The third-order valence-electron chi connectivity index (χ3n) is 13.4. The highest BCUT2D eigenvalue weighted by Crippen LogP contribution is 2.46. The smallest absolute Gasteiger partial charge is 0.308 e. The van der Waals surface area contributed by atoms with E-state index < -0.39 is 11.7 Å². The number of benzene rings is 9. The van der Waals surface area contributed by atoms with E-state index in [0.29, 0.717) is 67.2 Å². The van der Waals surface area contributed by atoms with E-state index >= 15 is 13.2 Å². The summed E-state index contributed by atoms with van der Waals surface area (Å²) < 4.78 is 50.0. The van der Waals surface area contributed by atoms with Gasteiger partial charge >= 0.3 is 6.18 Å². The van der Waals surface area contributed by atoms with Crippen molar-refractivity contribution in [3.8, 4) is 108 Å². The van der Waals surface area contributed by atoms with Crippen LogP contribution in [0, 0.1) is 22.7 Å². The minimum absolute atomic E-state index is 0.0204. The van der Waals surface area contributed by atoms with Gasteiger partial charge in [0, 0.05) is 44.2 Å². The Hall–Kier alpha value is -10.3. The van der Waals surface area contributed by atoms with Crippen molar-refractivity contribution in [2.45, 2.75) is 6.18 Å². The van der Waals surface area contributed by atoms with Crippen LogP contribution in [0.2, 0.25) is 0 Å². The molecule has 12 aromatic rings. The molecule has 0 radical (unpaired) electrons. The number of aromatic nitrogens is 5. The number of halogens is 3. The van der Waals surface area contributed by atoms with Gasteiger partial charge < -0.3 is 4.57 Å². The van der Waals surface area contributed by atoms with Gasteiger partial charge in [0.05, 0.1) is 68.3 Å². The molecule has 0 spiro atoms. The number of hydrogen-bond acceptors (Lipinski definition) is 6. The number of rotatable bonds is 9. The Bertz CT molecular complexity index is 3860. The molecule has 75 heavy (non-hydrogen) atoms. The van der Waals surface area contributed by atoms with Crippen molar-refractivity contribution >= 4 is 21.8 Å². The Balaban J connectivity index is 1.29. The van der Waals surface area contributed by atoms with Gasteiger partial charge in [-0.05, 0) is 70.8 Å². The first-order chi connectivity index (χ1) is 36.7. The predicted molar refractivity (Wildman–Crippen MR) is 290 cm³/mol. The summed E-state index contributed by atoms with van der Waals surface area (Å²) in [6.07, 6.45) is -4.87. The second kappa shape index (κ2) is 19.0. The van der Waals surface area contributed by atoms with Crippen LogP contribution in [0.25, 0.3) is 118 Å². The molecule has 3 heterocycles. The summed E-state index contributed by atoms with van der Waals surface area (Å²) in [5.41, 5.74) is 9.17. The summed E-state index contributed by atoms with van der Waals surface area (Å²) in [5, 5.41) is 22.3. The molecule has 7 nitrogen and oxygen atoms in total. The highest BCUT2D eigenvalue weighted by atomic mass is 19.4. The third-order valence-corrected chi connectivity index (χ3v) is 13.4. The molecule has 9 aromatic carbocycles. The quantitative estimate of drug-likeness (QED) is 0.143. The van der Waals surface area contributed by atoms with E-state index in [4.69, 9.17) is 19.9 Å². The van der Waals surface area contributed by atoms with Crippen molar-refractivity contribution in [2.24, 2.45) is 0 Å². The van der Waals surface area contributed by atoms with Crippen molar-refractivity contribution in [3.63, 3.8) is 0 Å². The van der Waals surface area contributed by atoms with Crippen molar-refractivity contribution < 1.29 is 13.2 Å². The molecule has 0 saturated carbocycles. The molecule has 0 fully saturated rings. The standard InChI is InChI=1S/C65H38F3N7/c66-65(67,68)49-35-54(63-71-56(41-17-5-1-6-18-41)37-57(72-63)42-19-7-2-8-20-42)62(55(36-49)64-73-58(43-21-9-3-10-22-43)38-59(74-64)44-23-11-4-12-24-44)75-60-33-45(50-27-15-13-25-47(50)39-69)29-31-52(60)53-32-30-46(34-61(53)75)51-28-16-14-26-48(51)40-70/h1-38H. The van der Waals surface area contributed by atoms with Gasteiger partial charge in [-0.2, -0.15) is 23.7 Å². The highest BCUT2D eigenvalue weighted by molar-refractivity contribution is 6.12. The van der Waals surface area contributed by atoms with E-state index in [1.165, 1.54) is 0 Å². The second-order valence-corrected chi connectivity index (χ2v) is 17.9. The van der Waals surface area contributed by atoms with Crippen LogP contribution in [0.4, 0.5) is 13.2 Å². The minimum Gasteiger partial charge on any atom is -0.308 e. The third kappa shape index (κ3) is 8.63. The molecular weight excluding hydrogens is 936 g/mol. The summed E-state index contributed by atoms with van der Waals surface area (Å²) in [7, 11) is 0. The van der Waals surface area contributed by atoms with Gasteiger partial charge in [-0.3, -0.25) is 0 Å². The molecule has 0 N–H and O–H groups in total. The summed E-state index contributed by atoms with van der Waals surface area (Å²) in [5.74, 6) is 0.0408. The summed E-state index contributed by atoms with van der Waals surface area (Å²) in [6.45, 7) is 0. The lowest BCUT2D eigenvalue weighted by atomic mass is 9.97. The SMILES string of the molecule is N#Cc1ccccc1-c1ccc2c3ccc(-c4ccccc4C#N)cc3n(-c3c(-c4nc(-c5ccccc5)cc(-c5ccccc5)n4)cc(C(F)(F)F)cc3-c3nc(-c4ccccc4)cc(-c4ccccc4)n3)c2c1. The van der Waals surface area contributed by atoms with Crippen molar-refractivity contribution in [2.75, 3.05) is 0 Å². The van der Waals surface area contributed by atoms with Crippen molar-refractivity contribution in [1.29, 1.82) is 10.5 Å². The van der Waals surface area contributed by atoms with Crippen LogP contribution in [-0.2, 0) is 6.18 Å². The Morgan fingerprint density at radius 3 is 1.01 bits per heavy atom. The fourth-order valence-electron chi connectivity index (χ4n) is 9.80. The minimum atomic E-state index is -4.87. The number of alkyl halides is 3. The topological polar surface area (TPSA) is 104 Å². The summed E-state index contributed by atoms with van der Waals surface area (Å²) >= 11 is 0. The number of hydrogen-bond donors (Lipinski definition) is 0. The lowest BCUT2D eigenvalue weighted by molar-refractivity contribution is -0.137. The molecule has 0 unspecified atom stereocenters. The first kappa shape index (κ1) is 45.8. The highest BCUT2D eigenvalue weighted by Gasteiger charge is 2.35. The van der Waals surface area contributed by atoms with Gasteiger partial charge in [0.2, 0.25) is 0 Å². The Morgan fingerprint density at radius 2 is 0.680 bits per heavy atom. The van der Waals surface area contributed by atoms with Crippen LogP contribution in [0.1, 0.15) is 16.7 Å². The van der Waals surface area contributed by atoms with E-state index in [9.17, 15) is 10.5 Å². The number of nitriles is 2. The fraction of sp³-hybridized carbons (Fsp3) is 0.0154. The molecule has 0 amide bonds.